The molecule has 0 radical (unpaired) electrons. The quantitative estimate of drug-likeness (QED) is 0.286. The van der Waals surface area contributed by atoms with Gasteiger partial charge in [0.25, 0.3) is 5.69 Å². The number of nitro groups is 1. The average molecular weight is 455 g/mol. The maximum atomic E-state index is 11.3. The second-order valence-electron chi connectivity index (χ2n) is 8.94. The summed E-state index contributed by atoms with van der Waals surface area (Å²) < 4.78 is 2.08. The lowest BCUT2D eigenvalue weighted by Crippen LogP contribution is -2.23. The van der Waals surface area contributed by atoms with E-state index in [1.165, 1.54) is 11.1 Å². The third kappa shape index (κ3) is 4.91. The fraction of sp³-hybridized carbons (Fsp3) is 0.286. The lowest BCUT2D eigenvalue weighted by Gasteiger charge is -2.31. The number of rotatable bonds is 7. The highest BCUT2D eigenvalue weighted by atomic mass is 16.6. The Hall–Kier alpha value is -3.80. The Balaban J connectivity index is 1.54. The van der Waals surface area contributed by atoms with Crippen LogP contribution in [-0.4, -0.2) is 20.2 Å². The van der Waals surface area contributed by atoms with Crippen molar-refractivity contribution in [2.45, 2.75) is 46.1 Å². The Morgan fingerprint density at radius 3 is 2.62 bits per heavy atom. The van der Waals surface area contributed by atoms with E-state index in [4.69, 9.17) is 4.99 Å². The van der Waals surface area contributed by atoms with Crippen molar-refractivity contribution in [2.24, 2.45) is 10.9 Å². The summed E-state index contributed by atoms with van der Waals surface area (Å²) in [7, 11) is 0. The minimum absolute atomic E-state index is 0.0699. The molecule has 0 fully saturated rings. The first-order valence-corrected chi connectivity index (χ1v) is 11.6. The molecule has 4 rings (SSSR count). The number of nitro benzene ring substituents is 1. The molecule has 2 heterocycles. The minimum Gasteiger partial charge on any atom is -0.330 e. The Morgan fingerprint density at radius 2 is 1.94 bits per heavy atom. The largest absolute Gasteiger partial charge is 0.330 e. The van der Waals surface area contributed by atoms with Gasteiger partial charge in [-0.25, -0.2) is 4.98 Å². The molecule has 2 aromatic carbocycles. The van der Waals surface area contributed by atoms with Gasteiger partial charge in [-0.05, 0) is 49.5 Å². The van der Waals surface area contributed by atoms with Gasteiger partial charge >= 0.3 is 0 Å². The summed E-state index contributed by atoms with van der Waals surface area (Å²) in [6.45, 7) is 8.38. The van der Waals surface area contributed by atoms with Crippen molar-refractivity contribution >= 4 is 17.5 Å². The van der Waals surface area contributed by atoms with Crippen molar-refractivity contribution in [3.63, 3.8) is 0 Å². The maximum Gasteiger partial charge on any atom is 0.269 e. The molecular formula is C28H30N4O2. The Kier molecular flexibility index (Phi) is 6.87. The van der Waals surface area contributed by atoms with Crippen LogP contribution in [0.5, 0.6) is 0 Å². The van der Waals surface area contributed by atoms with Gasteiger partial charge in [-0.15, -0.1) is 0 Å². The van der Waals surface area contributed by atoms with E-state index in [9.17, 15) is 10.1 Å². The summed E-state index contributed by atoms with van der Waals surface area (Å²) in [6, 6.07) is 15.8. The van der Waals surface area contributed by atoms with Crippen LogP contribution in [-0.2, 0) is 0 Å². The van der Waals surface area contributed by atoms with Crippen molar-refractivity contribution in [3.05, 3.63) is 111 Å². The molecule has 0 spiro atoms. The number of hydrogen-bond acceptors (Lipinski definition) is 4. The summed E-state index contributed by atoms with van der Waals surface area (Å²) in [6.07, 6.45) is 10.6. The third-order valence-corrected chi connectivity index (χ3v) is 6.82. The van der Waals surface area contributed by atoms with E-state index in [0.717, 1.165) is 29.0 Å². The van der Waals surface area contributed by atoms with Gasteiger partial charge in [-0.2, -0.15) is 0 Å². The normalized spacial score (nSPS) is 19.4. The maximum absolute atomic E-state index is 11.3. The summed E-state index contributed by atoms with van der Waals surface area (Å²) >= 11 is 0. The number of aromatic nitrogens is 2. The highest BCUT2D eigenvalue weighted by Gasteiger charge is 2.30. The molecule has 0 saturated carbocycles. The molecule has 0 bridgehead atoms. The molecule has 3 atom stereocenters. The molecule has 0 saturated heterocycles. The zero-order chi connectivity index (χ0) is 24.2. The SMILES string of the molecule is CC1=NC(C)=C(CC=Cc2ccc(C(C)n3ccnc3)cc2)C(c2cccc([N+](=O)[O-])c2)C1C. The molecule has 0 amide bonds. The topological polar surface area (TPSA) is 73.3 Å². The van der Waals surface area contributed by atoms with E-state index >= 15 is 0 Å². The smallest absolute Gasteiger partial charge is 0.269 e. The average Bonchev–Trinajstić information content (AvgIpc) is 3.37. The van der Waals surface area contributed by atoms with Gasteiger partial charge in [-0.3, -0.25) is 15.1 Å². The predicted molar refractivity (Wildman–Crippen MR) is 137 cm³/mol. The van der Waals surface area contributed by atoms with Crippen molar-refractivity contribution in [3.8, 4) is 0 Å². The van der Waals surface area contributed by atoms with Gasteiger partial charge in [0.15, 0.2) is 0 Å². The van der Waals surface area contributed by atoms with E-state index in [-0.39, 0.29) is 28.5 Å². The molecule has 0 aliphatic carbocycles. The second-order valence-corrected chi connectivity index (χ2v) is 8.94. The standard InChI is InChI=1S/C28H30N4O2/c1-19-20(2)30-21(3)27(28(19)25-8-6-9-26(17-25)32(33)34)10-5-7-23-11-13-24(14-12-23)22(4)31-16-15-29-18-31/h5-9,11-19,22,28H,10H2,1-4H3. The Labute approximate surface area is 200 Å². The van der Waals surface area contributed by atoms with Gasteiger partial charge in [-0.1, -0.05) is 55.5 Å². The van der Waals surface area contributed by atoms with Crippen LogP contribution >= 0.6 is 0 Å². The lowest BCUT2D eigenvalue weighted by atomic mass is 9.75. The number of nitrogens with zero attached hydrogens (tertiary/aromatic N) is 4. The third-order valence-electron chi connectivity index (χ3n) is 6.82. The van der Waals surface area contributed by atoms with Gasteiger partial charge in [0.2, 0.25) is 0 Å². The zero-order valence-corrected chi connectivity index (χ0v) is 20.1. The molecule has 1 aliphatic rings. The molecule has 6 nitrogen and oxygen atoms in total. The van der Waals surface area contributed by atoms with Crippen LogP contribution in [0.25, 0.3) is 6.08 Å². The second kappa shape index (κ2) is 10.00. The van der Waals surface area contributed by atoms with Crippen LogP contribution in [0.2, 0.25) is 0 Å². The van der Waals surface area contributed by atoms with Crippen molar-refractivity contribution in [1.29, 1.82) is 0 Å². The fourth-order valence-corrected chi connectivity index (χ4v) is 4.68. The summed E-state index contributed by atoms with van der Waals surface area (Å²) in [5.41, 5.74) is 6.73. The number of non-ortho nitro benzene ring substituents is 1. The number of allylic oxidation sites excluding steroid dienone is 3. The van der Waals surface area contributed by atoms with Gasteiger partial charge in [0, 0.05) is 47.8 Å². The molecule has 1 aliphatic heterocycles. The zero-order valence-electron chi connectivity index (χ0n) is 20.1. The van der Waals surface area contributed by atoms with E-state index in [1.54, 1.807) is 24.4 Å². The monoisotopic (exact) mass is 454 g/mol. The fourth-order valence-electron chi connectivity index (χ4n) is 4.68. The van der Waals surface area contributed by atoms with Crippen molar-refractivity contribution in [2.75, 3.05) is 0 Å². The number of imidazole rings is 1. The van der Waals surface area contributed by atoms with E-state index < -0.39 is 0 Å². The van der Waals surface area contributed by atoms with Crippen LogP contribution in [0.4, 0.5) is 5.69 Å². The molecule has 174 valence electrons. The van der Waals surface area contributed by atoms with Crippen LogP contribution in [0.3, 0.4) is 0 Å². The van der Waals surface area contributed by atoms with Crippen molar-refractivity contribution in [1.82, 2.24) is 9.55 Å². The first-order valence-electron chi connectivity index (χ1n) is 11.6. The van der Waals surface area contributed by atoms with E-state index in [0.29, 0.717) is 0 Å². The number of hydrogen-bond donors (Lipinski definition) is 0. The summed E-state index contributed by atoms with van der Waals surface area (Å²) in [5.74, 6) is 0.249. The highest BCUT2D eigenvalue weighted by molar-refractivity contribution is 5.87. The van der Waals surface area contributed by atoms with E-state index in [1.807, 2.05) is 32.4 Å². The Morgan fingerprint density at radius 1 is 1.18 bits per heavy atom. The van der Waals surface area contributed by atoms with E-state index in [2.05, 4.69) is 59.8 Å². The van der Waals surface area contributed by atoms with Gasteiger partial charge in [0.1, 0.15) is 0 Å². The van der Waals surface area contributed by atoms with Crippen LogP contribution in [0.15, 0.2) is 89.6 Å². The molecule has 6 heteroatoms. The van der Waals surface area contributed by atoms with Gasteiger partial charge < -0.3 is 4.57 Å². The predicted octanol–water partition coefficient (Wildman–Crippen LogP) is 6.97. The van der Waals surface area contributed by atoms with Crippen LogP contribution < -0.4 is 0 Å². The number of aliphatic imine (C=N–C) groups is 1. The van der Waals surface area contributed by atoms with Crippen molar-refractivity contribution < 1.29 is 4.92 Å². The highest BCUT2D eigenvalue weighted by Crippen LogP contribution is 2.41. The van der Waals surface area contributed by atoms with Crippen LogP contribution in [0, 0.1) is 16.0 Å². The first-order chi connectivity index (χ1) is 16.3. The molecule has 3 aromatic rings. The summed E-state index contributed by atoms with van der Waals surface area (Å²) in [4.78, 5) is 19.9. The minimum atomic E-state index is -0.328. The molecule has 1 aromatic heterocycles. The Bertz CT molecular complexity index is 1250. The lowest BCUT2D eigenvalue weighted by molar-refractivity contribution is -0.384. The van der Waals surface area contributed by atoms with Gasteiger partial charge in [0.05, 0.1) is 17.3 Å². The summed E-state index contributed by atoms with van der Waals surface area (Å²) in [5, 5.41) is 11.3. The number of benzene rings is 2. The molecule has 3 unspecified atom stereocenters. The first kappa shape index (κ1) is 23.4. The molecular weight excluding hydrogens is 424 g/mol. The molecule has 0 N–H and O–H groups in total. The molecule has 34 heavy (non-hydrogen) atoms. The van der Waals surface area contributed by atoms with Crippen LogP contribution in [0.1, 0.15) is 62.8 Å².